The average Bonchev–Trinajstić information content (AvgIpc) is 2.52. The van der Waals surface area contributed by atoms with Crippen LogP contribution in [0.25, 0.3) is 5.69 Å². The maximum atomic E-state index is 13.3. The van der Waals surface area contributed by atoms with Gasteiger partial charge in [0.1, 0.15) is 11.4 Å². The molecule has 0 aliphatic carbocycles. The van der Waals surface area contributed by atoms with Crippen LogP contribution in [0.3, 0.4) is 0 Å². The van der Waals surface area contributed by atoms with E-state index in [0.717, 1.165) is 10.7 Å². The van der Waals surface area contributed by atoms with Crippen molar-refractivity contribution in [1.82, 2.24) is 15.1 Å². The SMILES string of the molecule is CC[C@@H](CO)NC(=O)c1ccnn(-c2cccc(F)c2)c1=O. The first-order chi connectivity index (χ1) is 10.6. The van der Waals surface area contributed by atoms with Crippen LogP contribution in [0, 0.1) is 5.82 Å². The molecule has 0 radical (unpaired) electrons. The van der Waals surface area contributed by atoms with Gasteiger partial charge in [0.2, 0.25) is 0 Å². The highest BCUT2D eigenvalue weighted by atomic mass is 19.1. The molecule has 0 saturated heterocycles. The number of carbonyl (C=O) groups excluding carboxylic acids is 1. The molecule has 0 aliphatic heterocycles. The number of halogens is 1. The molecular weight excluding hydrogens is 289 g/mol. The maximum absolute atomic E-state index is 13.3. The Morgan fingerprint density at radius 3 is 2.86 bits per heavy atom. The molecule has 1 amide bonds. The standard InChI is InChI=1S/C15H16FN3O3/c1-2-11(9-20)18-14(21)13-6-7-17-19(15(13)22)12-5-3-4-10(16)8-12/h3-8,11,20H,2,9H2,1H3,(H,18,21)/t11-/m0/s1. The third-order valence-electron chi connectivity index (χ3n) is 3.19. The summed E-state index contributed by atoms with van der Waals surface area (Å²) < 4.78 is 14.2. The quantitative estimate of drug-likeness (QED) is 0.858. The second-order valence-corrected chi connectivity index (χ2v) is 4.70. The van der Waals surface area contributed by atoms with Gasteiger partial charge in [-0.3, -0.25) is 9.59 Å². The molecule has 0 fully saturated rings. The minimum atomic E-state index is -0.654. The lowest BCUT2D eigenvalue weighted by Crippen LogP contribution is -2.40. The van der Waals surface area contributed by atoms with E-state index in [2.05, 4.69) is 10.4 Å². The summed E-state index contributed by atoms with van der Waals surface area (Å²) in [6, 6.07) is 6.23. The Labute approximate surface area is 126 Å². The molecule has 0 aliphatic rings. The van der Waals surface area contributed by atoms with E-state index in [-0.39, 0.29) is 17.9 Å². The molecule has 1 atom stereocenters. The second kappa shape index (κ2) is 6.95. The number of nitrogens with one attached hydrogen (secondary N) is 1. The molecule has 2 aromatic rings. The summed E-state index contributed by atoms with van der Waals surface area (Å²) in [5.74, 6) is -1.11. The highest BCUT2D eigenvalue weighted by Crippen LogP contribution is 2.06. The van der Waals surface area contributed by atoms with Crippen molar-refractivity contribution in [3.63, 3.8) is 0 Å². The van der Waals surface area contributed by atoms with Crippen molar-refractivity contribution in [2.45, 2.75) is 19.4 Å². The Bertz CT molecular complexity index is 726. The zero-order valence-electron chi connectivity index (χ0n) is 12.0. The molecule has 0 unspecified atom stereocenters. The van der Waals surface area contributed by atoms with Gasteiger partial charge < -0.3 is 10.4 Å². The monoisotopic (exact) mass is 305 g/mol. The third kappa shape index (κ3) is 3.37. The van der Waals surface area contributed by atoms with E-state index in [9.17, 15) is 14.0 Å². The van der Waals surface area contributed by atoms with Crippen molar-refractivity contribution in [1.29, 1.82) is 0 Å². The molecule has 2 rings (SSSR count). The fraction of sp³-hybridized carbons (Fsp3) is 0.267. The maximum Gasteiger partial charge on any atom is 0.284 e. The first-order valence-electron chi connectivity index (χ1n) is 6.82. The molecule has 1 aromatic carbocycles. The third-order valence-corrected chi connectivity index (χ3v) is 3.19. The molecular formula is C15H16FN3O3. The lowest BCUT2D eigenvalue weighted by Gasteiger charge is -2.14. The zero-order chi connectivity index (χ0) is 16.1. The molecule has 0 spiro atoms. The average molecular weight is 305 g/mol. The van der Waals surface area contributed by atoms with E-state index in [0.29, 0.717) is 6.42 Å². The van der Waals surface area contributed by atoms with Gasteiger partial charge in [-0.25, -0.2) is 4.39 Å². The molecule has 1 heterocycles. The first kappa shape index (κ1) is 15.8. The van der Waals surface area contributed by atoms with Gasteiger partial charge in [0.25, 0.3) is 11.5 Å². The largest absolute Gasteiger partial charge is 0.394 e. The molecule has 7 heteroatoms. The fourth-order valence-electron chi connectivity index (χ4n) is 1.92. The Morgan fingerprint density at radius 2 is 2.23 bits per heavy atom. The van der Waals surface area contributed by atoms with Gasteiger partial charge in [-0.1, -0.05) is 13.0 Å². The minimum absolute atomic E-state index is 0.119. The number of hydrogen-bond donors (Lipinski definition) is 2. The van der Waals surface area contributed by atoms with Crippen molar-refractivity contribution in [3.8, 4) is 5.69 Å². The lowest BCUT2D eigenvalue weighted by atomic mass is 10.2. The predicted molar refractivity (Wildman–Crippen MR) is 78.4 cm³/mol. The molecule has 0 bridgehead atoms. The van der Waals surface area contributed by atoms with Crippen LogP contribution in [0.15, 0.2) is 41.3 Å². The van der Waals surface area contributed by atoms with E-state index in [1.165, 1.54) is 30.5 Å². The Morgan fingerprint density at radius 1 is 1.45 bits per heavy atom. The van der Waals surface area contributed by atoms with Crippen molar-refractivity contribution in [2.24, 2.45) is 0 Å². The molecule has 6 nitrogen and oxygen atoms in total. The number of benzene rings is 1. The highest BCUT2D eigenvalue weighted by Gasteiger charge is 2.16. The number of rotatable bonds is 5. The lowest BCUT2D eigenvalue weighted by molar-refractivity contribution is 0.0912. The topological polar surface area (TPSA) is 84.2 Å². The number of carbonyl (C=O) groups is 1. The molecule has 2 N–H and O–H groups in total. The van der Waals surface area contributed by atoms with Gasteiger partial charge in [0.05, 0.1) is 18.3 Å². The second-order valence-electron chi connectivity index (χ2n) is 4.70. The van der Waals surface area contributed by atoms with Crippen LogP contribution in [0.2, 0.25) is 0 Å². The normalized spacial score (nSPS) is 12.0. The van der Waals surface area contributed by atoms with Crippen molar-refractivity contribution >= 4 is 5.91 Å². The van der Waals surface area contributed by atoms with Crippen LogP contribution in [0.1, 0.15) is 23.7 Å². The van der Waals surface area contributed by atoms with Crippen LogP contribution in [0.4, 0.5) is 4.39 Å². The Kier molecular flexibility index (Phi) is 5.00. The van der Waals surface area contributed by atoms with E-state index in [1.54, 1.807) is 6.92 Å². The summed E-state index contributed by atoms with van der Waals surface area (Å²) in [6.07, 6.45) is 1.83. The van der Waals surface area contributed by atoms with Gasteiger partial charge in [0, 0.05) is 6.20 Å². The zero-order valence-corrected chi connectivity index (χ0v) is 12.0. The fourth-order valence-corrected chi connectivity index (χ4v) is 1.92. The Hall–Kier alpha value is -2.54. The number of aliphatic hydroxyl groups is 1. The van der Waals surface area contributed by atoms with E-state index < -0.39 is 23.3 Å². The van der Waals surface area contributed by atoms with Crippen molar-refractivity contribution < 1.29 is 14.3 Å². The summed E-state index contributed by atoms with van der Waals surface area (Å²) in [5.41, 5.74) is -0.543. The van der Waals surface area contributed by atoms with Gasteiger partial charge in [-0.05, 0) is 30.7 Å². The molecule has 0 saturated carbocycles. The Balaban J connectivity index is 2.38. The predicted octanol–water partition coefficient (Wildman–Crippen LogP) is 0.872. The van der Waals surface area contributed by atoms with Crippen LogP contribution < -0.4 is 10.9 Å². The van der Waals surface area contributed by atoms with Crippen LogP contribution in [-0.4, -0.2) is 33.4 Å². The van der Waals surface area contributed by atoms with Crippen LogP contribution in [-0.2, 0) is 0 Å². The number of aliphatic hydroxyl groups excluding tert-OH is 1. The summed E-state index contributed by atoms with van der Waals surface area (Å²) in [4.78, 5) is 24.4. The summed E-state index contributed by atoms with van der Waals surface area (Å²) >= 11 is 0. The summed E-state index contributed by atoms with van der Waals surface area (Å²) in [6.45, 7) is 1.59. The van der Waals surface area contributed by atoms with Crippen molar-refractivity contribution in [2.75, 3.05) is 6.61 Å². The van der Waals surface area contributed by atoms with E-state index in [4.69, 9.17) is 5.11 Å². The molecule has 1 aromatic heterocycles. The van der Waals surface area contributed by atoms with Gasteiger partial charge >= 0.3 is 0 Å². The smallest absolute Gasteiger partial charge is 0.284 e. The molecule has 116 valence electrons. The van der Waals surface area contributed by atoms with Gasteiger partial charge in [-0.15, -0.1) is 0 Å². The van der Waals surface area contributed by atoms with E-state index >= 15 is 0 Å². The van der Waals surface area contributed by atoms with Crippen LogP contribution >= 0.6 is 0 Å². The van der Waals surface area contributed by atoms with E-state index in [1.807, 2.05) is 0 Å². The number of nitrogens with zero attached hydrogens (tertiary/aromatic N) is 2. The van der Waals surface area contributed by atoms with Gasteiger partial charge in [0.15, 0.2) is 0 Å². The van der Waals surface area contributed by atoms with Crippen molar-refractivity contribution in [3.05, 3.63) is 58.3 Å². The van der Waals surface area contributed by atoms with Gasteiger partial charge in [-0.2, -0.15) is 9.78 Å². The molecule has 22 heavy (non-hydrogen) atoms. The number of hydrogen-bond acceptors (Lipinski definition) is 4. The summed E-state index contributed by atoms with van der Waals surface area (Å²) in [5, 5.41) is 15.5. The highest BCUT2D eigenvalue weighted by molar-refractivity contribution is 5.93. The first-order valence-corrected chi connectivity index (χ1v) is 6.82. The minimum Gasteiger partial charge on any atom is -0.394 e. The van der Waals surface area contributed by atoms with Crippen LogP contribution in [0.5, 0.6) is 0 Å². The number of amides is 1. The number of aromatic nitrogens is 2. The summed E-state index contributed by atoms with van der Waals surface area (Å²) in [7, 11) is 0.